The number of benzene rings is 2. The van der Waals surface area contributed by atoms with Crippen molar-refractivity contribution in [3.05, 3.63) is 59.7 Å². The Morgan fingerprint density at radius 2 is 1.52 bits per heavy atom. The highest BCUT2D eigenvalue weighted by Gasteiger charge is 2.14. The van der Waals surface area contributed by atoms with Gasteiger partial charge in [-0.1, -0.05) is 32.9 Å². The fourth-order valence-electron chi connectivity index (χ4n) is 2.80. The largest absolute Gasteiger partial charge is 0.372 e. The van der Waals surface area contributed by atoms with Crippen LogP contribution in [0.3, 0.4) is 0 Å². The molecule has 0 unspecified atom stereocenters. The van der Waals surface area contributed by atoms with Crippen LogP contribution in [-0.2, 0) is 5.41 Å². The molecule has 0 bridgehead atoms. The number of carbonyl (C=O) groups excluding carboxylic acids is 1. The molecular weight excluding hydrogens is 354 g/mol. The highest BCUT2D eigenvalue weighted by molar-refractivity contribution is 7.80. The topological polar surface area (TPSA) is 44.4 Å². The Kier molecular flexibility index (Phi) is 6.97. The molecule has 2 N–H and O–H groups in total. The molecule has 0 radical (unpaired) electrons. The summed E-state index contributed by atoms with van der Waals surface area (Å²) in [5, 5.41) is 6.08. The highest BCUT2D eigenvalue weighted by Crippen LogP contribution is 2.22. The number of nitrogens with one attached hydrogen (secondary N) is 2. The first kappa shape index (κ1) is 20.9. The van der Waals surface area contributed by atoms with Crippen molar-refractivity contribution in [2.75, 3.05) is 23.3 Å². The first-order valence-corrected chi connectivity index (χ1v) is 9.73. The minimum absolute atomic E-state index is 0.0587. The first-order valence-electron chi connectivity index (χ1n) is 9.32. The number of nitrogens with zero attached hydrogens (tertiary/aromatic N) is 1. The van der Waals surface area contributed by atoms with Crippen LogP contribution in [0.4, 0.5) is 11.4 Å². The van der Waals surface area contributed by atoms with Crippen LogP contribution in [0.15, 0.2) is 48.5 Å². The average molecular weight is 384 g/mol. The second-order valence-electron chi connectivity index (χ2n) is 7.45. The number of hydrogen-bond acceptors (Lipinski definition) is 3. The van der Waals surface area contributed by atoms with Gasteiger partial charge < -0.3 is 10.2 Å². The van der Waals surface area contributed by atoms with Crippen LogP contribution >= 0.6 is 12.2 Å². The fourth-order valence-corrected chi connectivity index (χ4v) is 3.01. The minimum atomic E-state index is -0.215. The summed E-state index contributed by atoms with van der Waals surface area (Å²) in [6.45, 7) is 12.6. The monoisotopic (exact) mass is 383 g/mol. The van der Waals surface area contributed by atoms with Crippen LogP contribution in [0.2, 0.25) is 0 Å². The van der Waals surface area contributed by atoms with E-state index in [9.17, 15) is 4.79 Å². The fraction of sp³-hybridized carbons (Fsp3) is 0.364. The molecule has 2 aromatic rings. The van der Waals surface area contributed by atoms with Crippen molar-refractivity contribution in [1.29, 1.82) is 0 Å². The zero-order valence-electron chi connectivity index (χ0n) is 16.8. The molecule has 5 heteroatoms. The van der Waals surface area contributed by atoms with Gasteiger partial charge in [0.25, 0.3) is 5.91 Å². The summed E-state index contributed by atoms with van der Waals surface area (Å²) in [6.07, 6.45) is 0. The zero-order valence-corrected chi connectivity index (χ0v) is 17.6. The summed E-state index contributed by atoms with van der Waals surface area (Å²) in [4.78, 5) is 14.7. The van der Waals surface area contributed by atoms with Gasteiger partial charge in [0.2, 0.25) is 0 Å². The van der Waals surface area contributed by atoms with Crippen LogP contribution in [0.25, 0.3) is 0 Å². The van der Waals surface area contributed by atoms with E-state index < -0.39 is 0 Å². The Bertz CT molecular complexity index is 773. The van der Waals surface area contributed by atoms with Crippen LogP contribution in [0.1, 0.15) is 50.5 Å². The predicted molar refractivity (Wildman–Crippen MR) is 119 cm³/mol. The van der Waals surface area contributed by atoms with Crippen molar-refractivity contribution in [2.24, 2.45) is 0 Å². The van der Waals surface area contributed by atoms with E-state index in [1.165, 1.54) is 11.3 Å². The Morgan fingerprint density at radius 3 is 2.00 bits per heavy atom. The van der Waals surface area contributed by atoms with Crippen LogP contribution < -0.4 is 15.5 Å². The van der Waals surface area contributed by atoms with Crippen molar-refractivity contribution < 1.29 is 4.79 Å². The van der Waals surface area contributed by atoms with E-state index >= 15 is 0 Å². The summed E-state index contributed by atoms with van der Waals surface area (Å²) in [5.74, 6) is -0.215. The molecule has 0 heterocycles. The Hall–Kier alpha value is -2.40. The molecule has 0 saturated carbocycles. The highest BCUT2D eigenvalue weighted by atomic mass is 32.1. The molecule has 0 atom stereocenters. The van der Waals surface area contributed by atoms with E-state index in [2.05, 4.69) is 50.2 Å². The smallest absolute Gasteiger partial charge is 0.257 e. The van der Waals surface area contributed by atoms with Gasteiger partial charge in [-0.15, -0.1) is 0 Å². The third kappa shape index (κ3) is 5.79. The van der Waals surface area contributed by atoms with Gasteiger partial charge in [0.15, 0.2) is 5.11 Å². The maximum atomic E-state index is 12.4. The van der Waals surface area contributed by atoms with Gasteiger partial charge in [0.1, 0.15) is 0 Å². The molecule has 27 heavy (non-hydrogen) atoms. The summed E-state index contributed by atoms with van der Waals surface area (Å²) in [5.41, 5.74) is 3.85. The maximum Gasteiger partial charge on any atom is 0.257 e. The second kappa shape index (κ2) is 9.00. The summed E-state index contributed by atoms with van der Waals surface area (Å²) >= 11 is 5.27. The normalized spacial score (nSPS) is 11.0. The third-order valence-electron chi connectivity index (χ3n) is 4.49. The lowest BCUT2D eigenvalue weighted by atomic mass is 9.87. The van der Waals surface area contributed by atoms with Crippen molar-refractivity contribution in [3.63, 3.8) is 0 Å². The van der Waals surface area contributed by atoms with Gasteiger partial charge in [-0.3, -0.25) is 10.1 Å². The van der Waals surface area contributed by atoms with Gasteiger partial charge in [0, 0.05) is 30.0 Å². The average Bonchev–Trinajstić information content (AvgIpc) is 2.63. The quantitative estimate of drug-likeness (QED) is 0.717. The van der Waals surface area contributed by atoms with Gasteiger partial charge in [0.05, 0.1) is 0 Å². The Morgan fingerprint density at radius 1 is 0.963 bits per heavy atom. The van der Waals surface area contributed by atoms with Crippen molar-refractivity contribution >= 4 is 34.6 Å². The number of rotatable bonds is 5. The molecule has 0 aliphatic carbocycles. The molecule has 0 fully saturated rings. The van der Waals surface area contributed by atoms with Gasteiger partial charge >= 0.3 is 0 Å². The molecule has 144 valence electrons. The number of thiocarbonyl (C=S) groups is 1. The molecule has 2 aromatic carbocycles. The van der Waals surface area contributed by atoms with E-state index in [0.717, 1.165) is 18.8 Å². The van der Waals surface area contributed by atoms with Crippen molar-refractivity contribution in [1.82, 2.24) is 5.32 Å². The third-order valence-corrected chi connectivity index (χ3v) is 4.70. The summed E-state index contributed by atoms with van der Waals surface area (Å²) in [6, 6.07) is 15.6. The lowest BCUT2D eigenvalue weighted by Gasteiger charge is -2.21. The maximum absolute atomic E-state index is 12.4. The SMILES string of the molecule is CCN(CC)c1ccc(NC(=S)NC(=O)c2ccc(C(C)(C)C)cc2)cc1. The van der Waals surface area contributed by atoms with Crippen molar-refractivity contribution in [3.8, 4) is 0 Å². The van der Waals surface area contributed by atoms with E-state index in [-0.39, 0.29) is 16.4 Å². The van der Waals surface area contributed by atoms with E-state index in [4.69, 9.17) is 12.2 Å². The lowest BCUT2D eigenvalue weighted by Crippen LogP contribution is -2.34. The molecule has 0 aliphatic heterocycles. The second-order valence-corrected chi connectivity index (χ2v) is 7.86. The van der Waals surface area contributed by atoms with E-state index in [1.54, 1.807) is 0 Å². The minimum Gasteiger partial charge on any atom is -0.372 e. The predicted octanol–water partition coefficient (Wildman–Crippen LogP) is 4.96. The molecule has 0 aromatic heterocycles. The number of carbonyl (C=O) groups is 1. The molecule has 4 nitrogen and oxygen atoms in total. The van der Waals surface area contributed by atoms with E-state index in [0.29, 0.717) is 5.56 Å². The lowest BCUT2D eigenvalue weighted by molar-refractivity contribution is 0.0977. The van der Waals surface area contributed by atoms with Crippen molar-refractivity contribution in [2.45, 2.75) is 40.0 Å². The standard InChI is InChI=1S/C22H29N3OS/c1-6-25(7-2)19-14-12-18(13-15-19)23-21(27)24-20(26)16-8-10-17(11-9-16)22(3,4)5/h8-15H,6-7H2,1-5H3,(H2,23,24,26,27). The number of anilines is 2. The van der Waals surface area contributed by atoms with Gasteiger partial charge in [-0.25, -0.2) is 0 Å². The zero-order chi connectivity index (χ0) is 20.0. The molecule has 0 spiro atoms. The van der Waals surface area contributed by atoms with E-state index in [1.807, 2.05) is 48.5 Å². The Balaban J connectivity index is 1.96. The molecule has 0 saturated heterocycles. The molecule has 2 rings (SSSR count). The van der Waals surface area contributed by atoms with Crippen LogP contribution in [0.5, 0.6) is 0 Å². The molecular formula is C22H29N3OS. The molecule has 1 amide bonds. The van der Waals surface area contributed by atoms with Crippen LogP contribution in [-0.4, -0.2) is 24.1 Å². The Labute approximate surface area is 168 Å². The first-order chi connectivity index (χ1) is 12.7. The summed E-state index contributed by atoms with van der Waals surface area (Å²) in [7, 11) is 0. The van der Waals surface area contributed by atoms with Gasteiger partial charge in [-0.05, 0) is 73.4 Å². The van der Waals surface area contributed by atoms with Crippen LogP contribution in [0, 0.1) is 0 Å². The number of hydrogen-bond donors (Lipinski definition) is 2. The van der Waals surface area contributed by atoms with Gasteiger partial charge in [-0.2, -0.15) is 0 Å². The molecule has 0 aliphatic rings. The number of amides is 1. The summed E-state index contributed by atoms with van der Waals surface area (Å²) < 4.78 is 0.